The summed E-state index contributed by atoms with van der Waals surface area (Å²) in [4.78, 5) is 0. The van der Waals surface area contributed by atoms with Gasteiger partial charge in [-0.2, -0.15) is 0 Å². The maximum atomic E-state index is 3.56. The Morgan fingerprint density at radius 1 is 1.27 bits per heavy atom. The van der Waals surface area contributed by atoms with E-state index in [1.54, 1.807) is 0 Å². The second-order valence-electron chi connectivity index (χ2n) is 3.84. The molecule has 3 heteroatoms. The first kappa shape index (κ1) is 10.9. The summed E-state index contributed by atoms with van der Waals surface area (Å²) < 4.78 is 1.41. The Morgan fingerprint density at radius 2 is 2.13 bits per heavy atom. The summed E-state index contributed by atoms with van der Waals surface area (Å²) in [6.07, 6.45) is 2.61. The number of rotatable bonds is 1. The van der Waals surface area contributed by atoms with Crippen LogP contribution < -0.4 is 5.32 Å². The molecule has 1 saturated heterocycles. The molecule has 1 aromatic carbocycles. The highest BCUT2D eigenvalue weighted by Gasteiger charge is 2.18. The van der Waals surface area contributed by atoms with E-state index < -0.39 is 0 Å². The lowest BCUT2D eigenvalue weighted by Crippen LogP contribution is -2.12. The van der Waals surface area contributed by atoms with Crippen LogP contribution >= 0.6 is 23.7 Å². The van der Waals surface area contributed by atoms with E-state index in [2.05, 4.69) is 35.0 Å². The zero-order valence-corrected chi connectivity index (χ0v) is 10.0. The van der Waals surface area contributed by atoms with Gasteiger partial charge in [0.25, 0.3) is 0 Å². The Kier molecular flexibility index (Phi) is 3.29. The first-order valence-electron chi connectivity index (χ1n) is 5.15. The molecule has 1 N–H and O–H groups in total. The normalized spacial score (nSPS) is 20.4. The molecular weight excluding hydrogens is 226 g/mol. The van der Waals surface area contributed by atoms with Gasteiger partial charge in [-0.1, -0.05) is 18.2 Å². The lowest BCUT2D eigenvalue weighted by molar-refractivity contribution is 0.654. The number of benzene rings is 1. The third kappa shape index (κ3) is 1.89. The molecule has 3 rings (SSSR count). The van der Waals surface area contributed by atoms with Crippen LogP contribution in [0.3, 0.4) is 0 Å². The van der Waals surface area contributed by atoms with E-state index in [1.165, 1.54) is 35.0 Å². The molecule has 0 saturated carbocycles. The fourth-order valence-corrected chi connectivity index (χ4v) is 3.23. The molecule has 1 aliphatic heterocycles. The van der Waals surface area contributed by atoms with Crippen molar-refractivity contribution in [3.8, 4) is 0 Å². The van der Waals surface area contributed by atoms with Gasteiger partial charge in [0, 0.05) is 10.7 Å². The molecule has 0 unspecified atom stereocenters. The minimum atomic E-state index is 0. The maximum Gasteiger partial charge on any atom is 0.0346 e. The van der Waals surface area contributed by atoms with Crippen LogP contribution in [0.2, 0.25) is 0 Å². The lowest BCUT2D eigenvalue weighted by Gasteiger charge is -2.08. The van der Waals surface area contributed by atoms with E-state index >= 15 is 0 Å². The second-order valence-corrected chi connectivity index (χ2v) is 4.75. The lowest BCUT2D eigenvalue weighted by atomic mass is 10.0. The van der Waals surface area contributed by atoms with Crippen molar-refractivity contribution >= 4 is 33.8 Å². The molecule has 0 bridgehead atoms. The van der Waals surface area contributed by atoms with Gasteiger partial charge in [-0.15, -0.1) is 23.7 Å². The van der Waals surface area contributed by atoms with Crippen LogP contribution in [0.25, 0.3) is 10.1 Å². The van der Waals surface area contributed by atoms with Crippen molar-refractivity contribution in [2.45, 2.75) is 18.9 Å². The average Bonchev–Trinajstić information content (AvgIpc) is 2.85. The van der Waals surface area contributed by atoms with Crippen molar-refractivity contribution in [3.05, 3.63) is 35.2 Å². The topological polar surface area (TPSA) is 12.0 Å². The molecule has 15 heavy (non-hydrogen) atoms. The first-order chi connectivity index (χ1) is 6.95. The molecular formula is C12H14ClNS. The van der Waals surface area contributed by atoms with Crippen LogP contribution in [0, 0.1) is 0 Å². The molecule has 0 radical (unpaired) electrons. The molecule has 1 aliphatic rings. The van der Waals surface area contributed by atoms with Crippen molar-refractivity contribution in [1.29, 1.82) is 0 Å². The summed E-state index contributed by atoms with van der Waals surface area (Å²) in [5, 5.41) is 7.31. The molecule has 1 aromatic heterocycles. The van der Waals surface area contributed by atoms with Crippen molar-refractivity contribution in [1.82, 2.24) is 5.32 Å². The number of hydrogen-bond acceptors (Lipinski definition) is 2. The SMILES string of the molecule is Cl.c1ccc2c([C@H]3CCCN3)csc2c1. The zero-order valence-electron chi connectivity index (χ0n) is 8.40. The van der Waals surface area contributed by atoms with E-state index in [4.69, 9.17) is 0 Å². The largest absolute Gasteiger partial charge is 0.310 e. The van der Waals surface area contributed by atoms with Gasteiger partial charge in [-0.05, 0) is 41.8 Å². The highest BCUT2D eigenvalue weighted by Crippen LogP contribution is 2.33. The average molecular weight is 240 g/mol. The fraction of sp³-hybridized carbons (Fsp3) is 0.333. The van der Waals surface area contributed by atoms with Crippen LogP contribution in [0.1, 0.15) is 24.4 Å². The summed E-state index contributed by atoms with van der Waals surface area (Å²) in [5.41, 5.74) is 1.50. The summed E-state index contributed by atoms with van der Waals surface area (Å²) in [6.45, 7) is 1.18. The molecule has 0 aliphatic carbocycles. The smallest absolute Gasteiger partial charge is 0.0346 e. The summed E-state index contributed by atoms with van der Waals surface area (Å²) in [6, 6.07) is 9.30. The minimum absolute atomic E-state index is 0. The first-order valence-corrected chi connectivity index (χ1v) is 6.02. The van der Waals surface area contributed by atoms with Crippen LogP contribution in [0.5, 0.6) is 0 Å². The van der Waals surface area contributed by atoms with Gasteiger partial charge in [0.2, 0.25) is 0 Å². The van der Waals surface area contributed by atoms with Gasteiger partial charge < -0.3 is 5.32 Å². The number of nitrogens with one attached hydrogen (secondary N) is 1. The predicted molar refractivity (Wildman–Crippen MR) is 69.1 cm³/mol. The van der Waals surface area contributed by atoms with E-state index in [0.29, 0.717) is 6.04 Å². The Labute approximate surface area is 99.9 Å². The third-order valence-electron chi connectivity index (χ3n) is 2.95. The number of halogens is 1. The monoisotopic (exact) mass is 239 g/mol. The standard InChI is InChI=1S/C12H13NS.ClH/c1-2-6-12-9(4-1)10(8-14-12)11-5-3-7-13-11;/h1-2,4,6,8,11,13H,3,5,7H2;1H/t11-;/m1./s1. The van der Waals surface area contributed by atoms with E-state index in [1.807, 2.05) is 11.3 Å². The van der Waals surface area contributed by atoms with Crippen LogP contribution in [0.4, 0.5) is 0 Å². The van der Waals surface area contributed by atoms with Gasteiger partial charge in [0.05, 0.1) is 0 Å². The molecule has 80 valence electrons. The van der Waals surface area contributed by atoms with Crippen LogP contribution in [-0.4, -0.2) is 6.54 Å². The Bertz CT molecular complexity index is 446. The van der Waals surface area contributed by atoms with E-state index in [-0.39, 0.29) is 12.4 Å². The van der Waals surface area contributed by atoms with Gasteiger partial charge >= 0.3 is 0 Å². The Balaban J connectivity index is 0.000000853. The van der Waals surface area contributed by atoms with E-state index in [9.17, 15) is 0 Å². The van der Waals surface area contributed by atoms with Crippen molar-refractivity contribution < 1.29 is 0 Å². The fourth-order valence-electron chi connectivity index (χ4n) is 2.22. The quantitative estimate of drug-likeness (QED) is 0.799. The highest BCUT2D eigenvalue weighted by atomic mass is 35.5. The van der Waals surface area contributed by atoms with Crippen molar-refractivity contribution in [2.24, 2.45) is 0 Å². The van der Waals surface area contributed by atoms with Crippen LogP contribution in [0.15, 0.2) is 29.6 Å². The van der Waals surface area contributed by atoms with E-state index in [0.717, 1.165) is 0 Å². The van der Waals surface area contributed by atoms with Crippen molar-refractivity contribution in [3.63, 3.8) is 0 Å². The van der Waals surface area contributed by atoms with Gasteiger partial charge in [0.15, 0.2) is 0 Å². The zero-order chi connectivity index (χ0) is 9.38. The summed E-state index contributed by atoms with van der Waals surface area (Å²) in [7, 11) is 0. The van der Waals surface area contributed by atoms with Crippen molar-refractivity contribution in [2.75, 3.05) is 6.54 Å². The molecule has 2 aromatic rings. The van der Waals surface area contributed by atoms with Gasteiger partial charge in [0.1, 0.15) is 0 Å². The highest BCUT2D eigenvalue weighted by molar-refractivity contribution is 7.17. The van der Waals surface area contributed by atoms with Crippen LogP contribution in [-0.2, 0) is 0 Å². The summed E-state index contributed by atoms with van der Waals surface area (Å²) >= 11 is 1.86. The predicted octanol–water partition coefficient (Wildman–Crippen LogP) is 3.75. The number of fused-ring (bicyclic) bond motifs is 1. The summed E-state index contributed by atoms with van der Waals surface area (Å²) in [5.74, 6) is 0. The maximum absolute atomic E-state index is 3.56. The minimum Gasteiger partial charge on any atom is -0.310 e. The molecule has 0 spiro atoms. The molecule has 1 atom stereocenters. The Morgan fingerprint density at radius 3 is 2.93 bits per heavy atom. The molecule has 2 heterocycles. The van der Waals surface area contributed by atoms with Gasteiger partial charge in [-0.3, -0.25) is 0 Å². The molecule has 1 fully saturated rings. The molecule has 1 nitrogen and oxygen atoms in total. The number of thiophene rings is 1. The third-order valence-corrected chi connectivity index (χ3v) is 3.93. The Hall–Kier alpha value is -0.570. The number of hydrogen-bond donors (Lipinski definition) is 1. The van der Waals surface area contributed by atoms with Gasteiger partial charge in [-0.25, -0.2) is 0 Å². The second kappa shape index (κ2) is 4.52. The molecule has 0 amide bonds.